The van der Waals surface area contributed by atoms with Crippen molar-refractivity contribution in [2.45, 2.75) is 0 Å². The van der Waals surface area contributed by atoms with Gasteiger partial charge in [-0.3, -0.25) is 0 Å². The Balaban J connectivity index is 0.000000101. The van der Waals surface area contributed by atoms with Crippen LogP contribution in [0.3, 0.4) is 0 Å². The van der Waals surface area contributed by atoms with Crippen LogP contribution < -0.4 is 0 Å². The molecule has 0 amide bonds. The minimum Gasteiger partial charge on any atom is -0.456 e. The van der Waals surface area contributed by atoms with Crippen molar-refractivity contribution in [2.75, 3.05) is 0 Å². The van der Waals surface area contributed by atoms with Crippen LogP contribution in [0, 0.1) is 68.0 Å². The number of rotatable bonds is 6. The van der Waals surface area contributed by atoms with E-state index in [-0.39, 0.29) is 0 Å². The fraction of sp³-hybridized carbons (Fsp3) is 0. The molecule has 33 aromatic rings. The topological polar surface area (TPSA) is 251 Å². The van der Waals surface area contributed by atoms with Crippen LogP contribution in [-0.4, -0.2) is 27.4 Å². The Labute approximate surface area is 846 Å². The second-order valence-electron chi connectivity index (χ2n) is 38.1. The third-order valence-electron chi connectivity index (χ3n) is 30.6. The Morgan fingerprint density at radius 1 is 0.153 bits per heavy atom. The molecule has 0 saturated carbocycles. The van der Waals surface area contributed by atoms with Crippen LogP contribution in [0.25, 0.3) is 297 Å². The molecule has 0 saturated heterocycles. The molecule has 0 atom stereocenters. The third kappa shape index (κ3) is 11.5. The minimum atomic E-state index is 0.299. The van der Waals surface area contributed by atoms with E-state index in [9.17, 15) is 31.6 Å². The molecule has 0 bridgehead atoms. The second-order valence-corrected chi connectivity index (χ2v) is 38.1. The van der Waals surface area contributed by atoms with Gasteiger partial charge in [-0.1, -0.05) is 218 Å². The fourth-order valence-electron chi connectivity index (χ4n) is 24.3. The summed E-state index contributed by atoms with van der Waals surface area (Å²) in [4.78, 5) is 0. The number of fused-ring (bicyclic) bond motifs is 40. The van der Waals surface area contributed by atoms with Crippen molar-refractivity contribution in [3.05, 3.63) is 434 Å². The van der Waals surface area contributed by atoms with Gasteiger partial charge in [0.1, 0.15) is 103 Å². The number of aromatic nitrogens is 6. The van der Waals surface area contributed by atoms with Gasteiger partial charge in [-0.2, -0.15) is 31.6 Å². The van der Waals surface area contributed by atoms with E-state index in [0.29, 0.717) is 50.4 Å². The van der Waals surface area contributed by atoms with Crippen LogP contribution in [0.5, 0.6) is 0 Å². The number of para-hydroxylation sites is 12. The Kier molecular flexibility index (Phi) is 17.3. The third-order valence-corrected chi connectivity index (χ3v) is 30.6. The SMILES string of the molecule is N#Cc1cc(-n2c3ccccc3c3c4oc5ccccc5c4ccc32)cc(C#N)c1-n1c2ccccc2c2c3oc4ccccc4c3ccc21.N#Cc1cc(-n2c3ccccc3c3cc4oc5ccccc5c4cc32)cc(-n2c3ccccc3c3cc4oc5ccccc5c4cc32)c1C#N.N#Cc1ccc(-n2c3ccccc3c3c4oc5ccccc5c4ccc32)c(-n2c3ccccc3c3c4oc5ccccc5c4ccc32)c1C#N. The summed E-state index contributed by atoms with van der Waals surface area (Å²) in [6.45, 7) is 0. The zero-order valence-electron chi connectivity index (χ0n) is 78.9. The normalized spacial score (nSPS) is 12.0. The maximum absolute atomic E-state index is 10.9. The van der Waals surface area contributed by atoms with Crippen molar-refractivity contribution in [3.63, 3.8) is 0 Å². The van der Waals surface area contributed by atoms with E-state index >= 15 is 0 Å². The summed E-state index contributed by atoms with van der Waals surface area (Å²) in [5.74, 6) is 0. The summed E-state index contributed by atoms with van der Waals surface area (Å²) in [7, 11) is 0. The highest BCUT2D eigenvalue weighted by atomic mass is 16.3. The quantitative estimate of drug-likeness (QED) is 0.151. The molecular formula is C132H66N12O6. The molecule has 12 aromatic heterocycles. The summed E-state index contributed by atoms with van der Waals surface area (Å²) in [5.41, 5.74) is 27.1. The van der Waals surface area contributed by atoms with Crippen LogP contribution in [0.4, 0.5) is 0 Å². The Morgan fingerprint density at radius 3 is 0.820 bits per heavy atom. The molecule has 18 nitrogen and oxygen atoms in total. The Morgan fingerprint density at radius 2 is 0.433 bits per heavy atom. The molecule has 18 heteroatoms. The van der Waals surface area contributed by atoms with Gasteiger partial charge in [-0.05, 0) is 182 Å². The first-order valence-electron chi connectivity index (χ1n) is 49.2. The van der Waals surface area contributed by atoms with E-state index in [2.05, 4.69) is 235 Å². The molecular weight excluding hydrogens is 1850 g/mol. The van der Waals surface area contributed by atoms with E-state index in [4.69, 9.17) is 26.5 Å². The van der Waals surface area contributed by atoms with E-state index in [1.165, 1.54) is 0 Å². The van der Waals surface area contributed by atoms with Crippen LogP contribution >= 0.6 is 0 Å². The van der Waals surface area contributed by atoms with Crippen LogP contribution in [0.1, 0.15) is 33.4 Å². The molecule has 0 aliphatic rings. The lowest BCUT2D eigenvalue weighted by Crippen LogP contribution is -2.07. The Hall–Kier alpha value is -21.8. The number of nitriles is 6. The van der Waals surface area contributed by atoms with Crippen molar-refractivity contribution in [3.8, 4) is 70.5 Å². The predicted molar refractivity (Wildman–Crippen MR) is 597 cm³/mol. The van der Waals surface area contributed by atoms with Crippen molar-refractivity contribution in [2.24, 2.45) is 0 Å². The highest BCUT2D eigenvalue weighted by Crippen LogP contribution is 2.52. The summed E-state index contributed by atoms with van der Waals surface area (Å²) in [6, 6.07) is 149. The number of hydrogen-bond donors (Lipinski definition) is 0. The van der Waals surface area contributed by atoms with E-state index in [1.807, 2.05) is 223 Å². The van der Waals surface area contributed by atoms with Crippen LogP contribution in [0.2, 0.25) is 0 Å². The highest BCUT2D eigenvalue weighted by molar-refractivity contribution is 6.30. The second kappa shape index (κ2) is 31.3. The van der Waals surface area contributed by atoms with Gasteiger partial charge in [0.05, 0.1) is 144 Å². The average Bonchev–Trinajstić information content (AvgIpc) is 1.54. The van der Waals surface area contributed by atoms with Gasteiger partial charge in [-0.15, -0.1) is 0 Å². The average molecular weight is 1920 g/mol. The van der Waals surface area contributed by atoms with E-state index in [1.54, 1.807) is 6.07 Å². The van der Waals surface area contributed by atoms with Crippen LogP contribution in [-0.2, 0) is 0 Å². The van der Waals surface area contributed by atoms with Gasteiger partial charge in [-0.25, -0.2) is 0 Å². The molecule has 12 heterocycles. The van der Waals surface area contributed by atoms with Gasteiger partial charge in [0.2, 0.25) is 0 Å². The minimum absolute atomic E-state index is 0.299. The molecule has 0 aliphatic carbocycles. The summed E-state index contributed by atoms with van der Waals surface area (Å²) in [6.07, 6.45) is 0. The predicted octanol–water partition coefficient (Wildman–Crippen LogP) is 34.3. The monoisotopic (exact) mass is 1910 g/mol. The first-order chi connectivity index (χ1) is 74.2. The molecule has 0 radical (unpaired) electrons. The molecule has 690 valence electrons. The van der Waals surface area contributed by atoms with E-state index < -0.39 is 0 Å². The summed E-state index contributed by atoms with van der Waals surface area (Å²) < 4.78 is 51.5. The molecule has 150 heavy (non-hydrogen) atoms. The van der Waals surface area contributed by atoms with Gasteiger partial charge >= 0.3 is 0 Å². The zero-order valence-corrected chi connectivity index (χ0v) is 78.9. The first-order valence-corrected chi connectivity index (χ1v) is 49.2. The smallest absolute Gasteiger partial charge is 0.145 e. The zero-order chi connectivity index (χ0) is 99.3. The van der Waals surface area contributed by atoms with Gasteiger partial charge in [0.15, 0.2) is 0 Å². The van der Waals surface area contributed by atoms with Crippen molar-refractivity contribution in [1.82, 2.24) is 27.4 Å². The molecule has 21 aromatic carbocycles. The molecule has 0 N–H and O–H groups in total. The van der Waals surface area contributed by atoms with Crippen molar-refractivity contribution in [1.29, 1.82) is 31.6 Å². The number of benzene rings is 21. The van der Waals surface area contributed by atoms with Gasteiger partial charge < -0.3 is 53.9 Å². The number of hydrogen-bond acceptors (Lipinski definition) is 12. The maximum Gasteiger partial charge on any atom is 0.145 e. The Bertz CT molecular complexity index is 12200. The largest absolute Gasteiger partial charge is 0.456 e. The molecule has 0 fully saturated rings. The highest BCUT2D eigenvalue weighted by Gasteiger charge is 2.32. The maximum atomic E-state index is 10.9. The lowest BCUT2D eigenvalue weighted by Gasteiger charge is -2.18. The molecule has 33 rings (SSSR count). The van der Waals surface area contributed by atoms with Crippen molar-refractivity contribution >= 4 is 262 Å². The lowest BCUT2D eigenvalue weighted by atomic mass is 10.0. The summed E-state index contributed by atoms with van der Waals surface area (Å²) >= 11 is 0. The first kappa shape index (κ1) is 82.8. The van der Waals surface area contributed by atoms with E-state index in [0.717, 1.165) is 280 Å². The fourth-order valence-corrected chi connectivity index (χ4v) is 24.3. The molecule has 0 spiro atoms. The van der Waals surface area contributed by atoms with Gasteiger partial charge in [0, 0.05) is 119 Å². The number of nitrogens with zero attached hydrogens (tertiary/aromatic N) is 12. The van der Waals surface area contributed by atoms with Gasteiger partial charge in [0.25, 0.3) is 0 Å². The standard InChI is InChI=1S/3C44H22N4O2/c45-23-25-17-20-37(47-33-13-5-1-11-30(33)40-35(47)21-18-28-26-9-3-7-15-38(26)49-43(28)40)42(32(25)24-46)48-34-14-6-2-12-31(34)41-36(48)22-19-29-27-10-4-8-16-39(27)50-44(29)41;45-23-25-21-27(47-34-13-5-1-11-32(34)40-36(47)19-17-30-28-9-3-7-15-38(28)49-43(30)40)22-26(24-46)42(25)48-35-14-6-2-12-33(35)41-37(48)20-18-31-29-10-4-8-16-39(29)50-44(31)41;45-23-25-17-26(47-36-13-5-1-9-27(36)31-21-43-33(19-39(31)47)29-11-3-7-15-41(29)49-43)18-38(35(25)24-46)48-37-14-6-2-10-28(37)32-22-44-34(20-40(32)48)30-12-4-8-16-42(30)50-44/h3*1-22H. The number of furan rings is 6. The molecule has 0 unspecified atom stereocenters. The summed E-state index contributed by atoms with van der Waals surface area (Å²) in [5, 5.41) is 88.6. The lowest BCUT2D eigenvalue weighted by molar-refractivity contribution is 0.669. The molecule has 0 aliphatic heterocycles. The van der Waals surface area contributed by atoms with Crippen LogP contribution in [0.15, 0.2) is 427 Å². The van der Waals surface area contributed by atoms with Crippen molar-refractivity contribution < 1.29 is 26.5 Å².